The number of benzene rings is 2. The Balaban J connectivity index is 1.71. The number of fused-ring (bicyclic) bond motifs is 1. The van der Waals surface area contributed by atoms with Crippen LogP contribution >= 0.6 is 11.8 Å². The van der Waals surface area contributed by atoms with E-state index in [4.69, 9.17) is 0 Å². The number of thioether (sulfide) groups is 1. The van der Waals surface area contributed by atoms with E-state index in [9.17, 15) is 18.4 Å². The summed E-state index contributed by atoms with van der Waals surface area (Å²) in [6.07, 6.45) is 1.09. The van der Waals surface area contributed by atoms with E-state index in [-0.39, 0.29) is 22.5 Å². The molecule has 4 rings (SSSR count). The predicted octanol–water partition coefficient (Wildman–Crippen LogP) is 4.26. The van der Waals surface area contributed by atoms with Crippen LogP contribution in [-0.2, 0) is 4.79 Å². The van der Waals surface area contributed by atoms with Crippen molar-refractivity contribution in [1.29, 1.82) is 0 Å². The van der Waals surface area contributed by atoms with Crippen molar-refractivity contribution in [3.8, 4) is 5.69 Å². The molecule has 2 atom stereocenters. The second-order valence-corrected chi connectivity index (χ2v) is 9.12. The van der Waals surface area contributed by atoms with Gasteiger partial charge in [-0.25, -0.2) is 13.8 Å². The van der Waals surface area contributed by atoms with E-state index >= 15 is 0 Å². The molecule has 1 aliphatic rings. The zero-order valence-corrected chi connectivity index (χ0v) is 18.2. The number of piperidine rings is 1. The molecule has 0 unspecified atom stereocenters. The van der Waals surface area contributed by atoms with Crippen molar-refractivity contribution >= 4 is 28.6 Å². The van der Waals surface area contributed by atoms with Crippen molar-refractivity contribution in [2.45, 2.75) is 25.4 Å². The molecule has 3 aromatic rings. The van der Waals surface area contributed by atoms with Crippen LogP contribution in [0, 0.1) is 23.5 Å². The molecular formula is C23H23F2N3O2S. The van der Waals surface area contributed by atoms with Crippen LogP contribution in [0.15, 0.2) is 52.4 Å². The second kappa shape index (κ2) is 8.78. The van der Waals surface area contributed by atoms with E-state index in [0.717, 1.165) is 34.9 Å². The summed E-state index contributed by atoms with van der Waals surface area (Å²) < 4.78 is 29.1. The zero-order valence-electron chi connectivity index (χ0n) is 17.3. The van der Waals surface area contributed by atoms with Gasteiger partial charge >= 0.3 is 0 Å². The number of hydrogen-bond donors (Lipinski definition) is 0. The Hall–Kier alpha value is -2.74. The number of amides is 1. The first kappa shape index (κ1) is 21.5. The number of aromatic nitrogens is 2. The first-order valence-corrected chi connectivity index (χ1v) is 11.2. The number of para-hydroxylation sites is 1. The molecule has 31 heavy (non-hydrogen) atoms. The molecule has 1 aromatic heterocycles. The van der Waals surface area contributed by atoms with Gasteiger partial charge in [0.2, 0.25) is 5.91 Å². The Labute approximate surface area is 183 Å². The van der Waals surface area contributed by atoms with Gasteiger partial charge in [0.25, 0.3) is 5.56 Å². The fourth-order valence-corrected chi connectivity index (χ4v) is 5.08. The lowest BCUT2D eigenvalue weighted by molar-refractivity contribution is -0.130. The van der Waals surface area contributed by atoms with E-state index in [0.29, 0.717) is 35.8 Å². The molecule has 1 amide bonds. The predicted molar refractivity (Wildman–Crippen MR) is 118 cm³/mol. The third-order valence-corrected chi connectivity index (χ3v) is 6.37. The van der Waals surface area contributed by atoms with Gasteiger partial charge in [-0.2, -0.15) is 0 Å². The highest BCUT2D eigenvalue weighted by atomic mass is 32.2. The van der Waals surface area contributed by atoms with Crippen LogP contribution in [0.4, 0.5) is 8.78 Å². The lowest BCUT2D eigenvalue weighted by Crippen LogP contribution is -2.43. The third-order valence-electron chi connectivity index (χ3n) is 5.44. The number of hydrogen-bond acceptors (Lipinski definition) is 4. The number of rotatable bonds is 4. The Morgan fingerprint density at radius 2 is 1.84 bits per heavy atom. The van der Waals surface area contributed by atoms with Crippen LogP contribution in [0.5, 0.6) is 0 Å². The standard InChI is InChI=1S/C23H23F2N3O2S/c1-14-9-15(2)12-27(11-14)21(29)13-31-23-26-19-6-4-3-5-17(19)22(30)28(23)20-8-7-16(24)10-18(20)25/h3-8,10,14-15H,9,11-13H2,1-2H3/t14-,15-/m1/s1. The smallest absolute Gasteiger partial charge is 0.266 e. The molecule has 2 heterocycles. The van der Waals surface area contributed by atoms with E-state index in [2.05, 4.69) is 18.8 Å². The maximum Gasteiger partial charge on any atom is 0.266 e. The van der Waals surface area contributed by atoms with Crippen LogP contribution in [0.3, 0.4) is 0 Å². The monoisotopic (exact) mass is 443 g/mol. The van der Waals surface area contributed by atoms with Crippen molar-refractivity contribution in [3.63, 3.8) is 0 Å². The first-order chi connectivity index (χ1) is 14.8. The SMILES string of the molecule is C[C@@H]1C[C@@H](C)CN(C(=O)CSc2nc3ccccc3c(=O)n2-c2ccc(F)cc2F)C1. The number of halogens is 2. The fraction of sp³-hybridized carbons (Fsp3) is 0.348. The maximum atomic E-state index is 14.6. The molecule has 5 nitrogen and oxygen atoms in total. The number of nitrogens with zero attached hydrogens (tertiary/aromatic N) is 3. The van der Waals surface area contributed by atoms with E-state index in [1.54, 1.807) is 24.3 Å². The molecule has 1 fully saturated rings. The Bertz CT molecular complexity index is 1190. The summed E-state index contributed by atoms with van der Waals surface area (Å²) in [6, 6.07) is 9.80. The summed E-state index contributed by atoms with van der Waals surface area (Å²) in [5.41, 5.74) is -0.104. The summed E-state index contributed by atoms with van der Waals surface area (Å²) >= 11 is 1.09. The minimum absolute atomic E-state index is 0.0445. The van der Waals surface area contributed by atoms with Crippen LogP contribution < -0.4 is 5.56 Å². The van der Waals surface area contributed by atoms with Crippen LogP contribution in [0.1, 0.15) is 20.3 Å². The molecule has 162 valence electrons. The van der Waals surface area contributed by atoms with E-state index in [1.807, 2.05) is 4.90 Å². The zero-order chi connectivity index (χ0) is 22.1. The van der Waals surface area contributed by atoms with Gasteiger partial charge < -0.3 is 4.90 Å². The van der Waals surface area contributed by atoms with Gasteiger partial charge in [0, 0.05) is 19.2 Å². The topological polar surface area (TPSA) is 55.2 Å². The number of carbonyl (C=O) groups is 1. The molecular weight excluding hydrogens is 420 g/mol. The summed E-state index contributed by atoms with van der Waals surface area (Å²) in [4.78, 5) is 32.4. The van der Waals surface area contributed by atoms with Crippen LogP contribution in [0.2, 0.25) is 0 Å². The van der Waals surface area contributed by atoms with Crippen LogP contribution in [-0.4, -0.2) is 39.2 Å². The molecule has 0 saturated carbocycles. The summed E-state index contributed by atoms with van der Waals surface area (Å²) in [5, 5.41) is 0.515. The van der Waals surface area contributed by atoms with E-state index < -0.39 is 17.2 Å². The van der Waals surface area contributed by atoms with Gasteiger partial charge in [0.15, 0.2) is 5.16 Å². The molecule has 0 radical (unpaired) electrons. The first-order valence-electron chi connectivity index (χ1n) is 10.2. The van der Waals surface area contributed by atoms with Crippen molar-refractivity contribution in [1.82, 2.24) is 14.5 Å². The van der Waals surface area contributed by atoms with Gasteiger partial charge in [0.1, 0.15) is 11.6 Å². The van der Waals surface area contributed by atoms with Gasteiger partial charge in [-0.3, -0.25) is 14.2 Å². The minimum atomic E-state index is -0.869. The van der Waals surface area contributed by atoms with Crippen molar-refractivity contribution in [3.05, 3.63) is 64.5 Å². The molecule has 0 N–H and O–H groups in total. The van der Waals surface area contributed by atoms with Crippen molar-refractivity contribution < 1.29 is 13.6 Å². The third kappa shape index (κ3) is 4.49. The Morgan fingerprint density at radius 3 is 2.55 bits per heavy atom. The highest BCUT2D eigenvalue weighted by Gasteiger charge is 2.26. The molecule has 1 saturated heterocycles. The van der Waals surface area contributed by atoms with Gasteiger partial charge in [0.05, 0.1) is 22.3 Å². The summed E-state index contributed by atoms with van der Waals surface area (Å²) in [6.45, 7) is 5.66. The quantitative estimate of drug-likeness (QED) is 0.447. The minimum Gasteiger partial charge on any atom is -0.341 e. The molecule has 2 aromatic carbocycles. The normalized spacial score (nSPS) is 19.0. The lowest BCUT2D eigenvalue weighted by Gasteiger charge is -2.35. The number of likely N-dealkylation sites (tertiary alicyclic amines) is 1. The molecule has 0 bridgehead atoms. The number of carbonyl (C=O) groups excluding carboxylic acids is 1. The summed E-state index contributed by atoms with van der Waals surface area (Å²) in [5.74, 6) is -0.706. The van der Waals surface area contributed by atoms with Crippen molar-refractivity contribution in [2.24, 2.45) is 11.8 Å². The van der Waals surface area contributed by atoms with Crippen molar-refractivity contribution in [2.75, 3.05) is 18.8 Å². The highest BCUT2D eigenvalue weighted by Crippen LogP contribution is 2.25. The Kier molecular flexibility index (Phi) is 6.09. The van der Waals surface area contributed by atoms with E-state index in [1.165, 1.54) is 6.07 Å². The van der Waals surface area contributed by atoms with Gasteiger partial charge in [-0.15, -0.1) is 0 Å². The average Bonchev–Trinajstić information content (AvgIpc) is 2.72. The maximum absolute atomic E-state index is 14.6. The molecule has 8 heteroatoms. The molecule has 0 spiro atoms. The Morgan fingerprint density at radius 1 is 1.13 bits per heavy atom. The van der Waals surface area contributed by atoms with Gasteiger partial charge in [-0.1, -0.05) is 37.7 Å². The molecule has 1 aliphatic heterocycles. The largest absolute Gasteiger partial charge is 0.341 e. The fourth-order valence-electron chi connectivity index (χ4n) is 4.17. The second-order valence-electron chi connectivity index (χ2n) is 8.18. The summed E-state index contributed by atoms with van der Waals surface area (Å²) in [7, 11) is 0. The highest BCUT2D eigenvalue weighted by molar-refractivity contribution is 7.99. The molecule has 0 aliphatic carbocycles. The van der Waals surface area contributed by atoms with Gasteiger partial charge in [-0.05, 0) is 42.5 Å². The lowest BCUT2D eigenvalue weighted by atomic mass is 9.92. The van der Waals surface area contributed by atoms with Crippen LogP contribution in [0.25, 0.3) is 16.6 Å². The average molecular weight is 444 g/mol.